The number of sulfone groups is 1. The van der Waals surface area contributed by atoms with E-state index in [4.69, 9.17) is 0 Å². The van der Waals surface area contributed by atoms with Gasteiger partial charge in [0, 0.05) is 29.9 Å². The number of aliphatic hydroxyl groups is 1. The summed E-state index contributed by atoms with van der Waals surface area (Å²) in [5.41, 5.74) is 0.336. The monoisotopic (exact) mass is 375 g/mol. The molecular weight excluding hydrogens is 360 g/mol. The number of aliphatic hydroxyl groups excluding tert-OH is 1. The van der Waals surface area contributed by atoms with Gasteiger partial charge in [0.1, 0.15) is 11.6 Å². The van der Waals surface area contributed by atoms with Gasteiger partial charge in [-0.2, -0.15) is 0 Å². The second-order valence-electron chi connectivity index (χ2n) is 5.69. The summed E-state index contributed by atoms with van der Waals surface area (Å²) in [5, 5.41) is 10.1. The van der Waals surface area contributed by atoms with Crippen LogP contribution in [0, 0.1) is 11.6 Å². The molecule has 0 saturated heterocycles. The topological polar surface area (TPSA) is 67.3 Å². The van der Waals surface area contributed by atoms with Gasteiger partial charge in [-0.05, 0) is 30.3 Å². The Morgan fingerprint density at radius 1 is 0.962 bits per heavy atom. The summed E-state index contributed by atoms with van der Waals surface area (Å²) in [6, 6.07) is 13.7. The molecule has 0 fully saturated rings. The van der Waals surface area contributed by atoms with E-state index in [1.54, 1.807) is 18.2 Å². The van der Waals surface area contributed by atoms with Crippen molar-refractivity contribution in [3.8, 4) is 0 Å². The van der Waals surface area contributed by atoms with Crippen LogP contribution >= 0.6 is 0 Å². The predicted octanol–water partition coefficient (Wildman–Crippen LogP) is 3.47. The van der Waals surface area contributed by atoms with Crippen molar-refractivity contribution >= 4 is 9.84 Å². The number of nitrogens with zero attached hydrogens (tertiary/aromatic N) is 1. The molecular formula is C19H15F2NO3S. The molecule has 26 heavy (non-hydrogen) atoms. The average molecular weight is 375 g/mol. The Morgan fingerprint density at radius 2 is 1.69 bits per heavy atom. The van der Waals surface area contributed by atoms with Gasteiger partial charge >= 0.3 is 0 Å². The Kier molecular flexibility index (Phi) is 5.11. The van der Waals surface area contributed by atoms with Crippen molar-refractivity contribution < 1.29 is 22.3 Å². The maximum atomic E-state index is 13.7. The van der Waals surface area contributed by atoms with Crippen molar-refractivity contribution in [1.82, 2.24) is 4.98 Å². The minimum atomic E-state index is -3.67. The van der Waals surface area contributed by atoms with E-state index in [0.717, 1.165) is 6.07 Å². The van der Waals surface area contributed by atoms with Crippen molar-refractivity contribution in [2.45, 2.75) is 22.3 Å². The van der Waals surface area contributed by atoms with Crippen molar-refractivity contribution in [2.24, 2.45) is 0 Å². The molecule has 0 bridgehead atoms. The number of aromatic nitrogens is 1. The van der Waals surface area contributed by atoms with E-state index < -0.39 is 27.6 Å². The summed E-state index contributed by atoms with van der Waals surface area (Å²) in [7, 11) is -3.67. The Labute approximate surface area is 149 Å². The predicted molar refractivity (Wildman–Crippen MR) is 91.2 cm³/mol. The van der Waals surface area contributed by atoms with Crippen LogP contribution in [0.4, 0.5) is 8.78 Å². The first kappa shape index (κ1) is 18.2. The molecule has 3 rings (SSSR count). The number of hydrogen-bond donors (Lipinski definition) is 1. The van der Waals surface area contributed by atoms with E-state index in [0.29, 0.717) is 11.8 Å². The van der Waals surface area contributed by atoms with Crippen molar-refractivity contribution in [3.63, 3.8) is 0 Å². The van der Waals surface area contributed by atoms with Gasteiger partial charge in [-0.15, -0.1) is 0 Å². The molecule has 4 nitrogen and oxygen atoms in total. The van der Waals surface area contributed by atoms with Crippen LogP contribution in [0.5, 0.6) is 0 Å². The molecule has 134 valence electrons. The lowest BCUT2D eigenvalue weighted by atomic mass is 10.0. The highest BCUT2D eigenvalue weighted by atomic mass is 32.2. The highest BCUT2D eigenvalue weighted by Gasteiger charge is 2.19. The van der Waals surface area contributed by atoms with E-state index >= 15 is 0 Å². The normalized spacial score (nSPS) is 12.7. The molecule has 0 aliphatic carbocycles. The molecule has 0 aliphatic heterocycles. The van der Waals surface area contributed by atoms with Gasteiger partial charge in [0.05, 0.1) is 15.9 Å². The van der Waals surface area contributed by atoms with E-state index in [9.17, 15) is 22.3 Å². The summed E-state index contributed by atoms with van der Waals surface area (Å²) in [4.78, 5) is 4.23. The molecule has 0 amide bonds. The molecule has 1 unspecified atom stereocenters. The number of rotatable bonds is 5. The third kappa shape index (κ3) is 3.79. The lowest BCUT2D eigenvalue weighted by molar-refractivity contribution is 0.172. The van der Waals surface area contributed by atoms with Gasteiger partial charge in [0.25, 0.3) is 0 Å². The molecule has 0 saturated carbocycles. The van der Waals surface area contributed by atoms with E-state index in [-0.39, 0.29) is 21.8 Å². The first-order valence-corrected chi connectivity index (χ1v) is 9.24. The zero-order chi connectivity index (χ0) is 18.7. The maximum absolute atomic E-state index is 13.7. The SMILES string of the molecule is O=S(=O)(c1ccccc1)c1ccc(CC(O)c2ccc(F)cc2F)nc1. The summed E-state index contributed by atoms with van der Waals surface area (Å²) in [6.07, 6.45) is -0.0562. The standard InChI is InChI=1S/C19H15F2NO3S/c20-13-6-9-17(18(21)10-13)19(23)11-14-7-8-16(12-22-14)26(24,25)15-4-2-1-3-5-15/h1-10,12,19,23H,11H2. The minimum Gasteiger partial charge on any atom is -0.388 e. The summed E-state index contributed by atoms with van der Waals surface area (Å²) < 4.78 is 51.6. The molecule has 0 radical (unpaired) electrons. The Balaban J connectivity index is 1.80. The lowest BCUT2D eigenvalue weighted by Gasteiger charge is -2.12. The minimum absolute atomic E-state index is 0.0231. The van der Waals surface area contributed by atoms with Crippen LogP contribution in [0.2, 0.25) is 0 Å². The van der Waals surface area contributed by atoms with Gasteiger partial charge in [0.15, 0.2) is 0 Å². The van der Waals surface area contributed by atoms with Crippen LogP contribution < -0.4 is 0 Å². The third-order valence-corrected chi connectivity index (χ3v) is 5.64. The highest BCUT2D eigenvalue weighted by Crippen LogP contribution is 2.23. The molecule has 1 atom stereocenters. The fourth-order valence-electron chi connectivity index (χ4n) is 2.51. The van der Waals surface area contributed by atoms with Crippen molar-refractivity contribution in [1.29, 1.82) is 0 Å². The van der Waals surface area contributed by atoms with Crippen LogP contribution in [-0.4, -0.2) is 18.5 Å². The van der Waals surface area contributed by atoms with Gasteiger partial charge in [-0.1, -0.05) is 24.3 Å². The second kappa shape index (κ2) is 7.31. The number of benzene rings is 2. The van der Waals surface area contributed by atoms with Crippen LogP contribution in [0.1, 0.15) is 17.4 Å². The fraction of sp³-hybridized carbons (Fsp3) is 0.105. The Hall–Kier alpha value is -2.64. The molecule has 0 aliphatic rings. The average Bonchev–Trinajstić information content (AvgIpc) is 2.63. The fourth-order valence-corrected chi connectivity index (χ4v) is 3.73. The summed E-state index contributed by atoms with van der Waals surface area (Å²) in [5.74, 6) is -1.58. The van der Waals surface area contributed by atoms with E-state index in [1.165, 1.54) is 36.5 Å². The zero-order valence-electron chi connectivity index (χ0n) is 13.5. The molecule has 1 heterocycles. The van der Waals surface area contributed by atoms with E-state index in [2.05, 4.69) is 4.98 Å². The quantitative estimate of drug-likeness (QED) is 0.742. The lowest BCUT2D eigenvalue weighted by Crippen LogP contribution is -2.07. The largest absolute Gasteiger partial charge is 0.388 e. The Bertz CT molecular complexity index is 1010. The first-order chi connectivity index (χ1) is 12.4. The van der Waals surface area contributed by atoms with Crippen LogP contribution in [-0.2, 0) is 16.3 Å². The molecule has 0 spiro atoms. The van der Waals surface area contributed by atoms with Crippen LogP contribution in [0.3, 0.4) is 0 Å². The number of pyridine rings is 1. The zero-order valence-corrected chi connectivity index (χ0v) is 14.3. The first-order valence-electron chi connectivity index (χ1n) is 7.76. The van der Waals surface area contributed by atoms with Crippen LogP contribution in [0.25, 0.3) is 0 Å². The number of halogens is 2. The maximum Gasteiger partial charge on any atom is 0.208 e. The molecule has 7 heteroatoms. The van der Waals surface area contributed by atoms with Gasteiger partial charge < -0.3 is 5.11 Å². The van der Waals surface area contributed by atoms with Gasteiger partial charge in [-0.3, -0.25) is 4.98 Å². The molecule has 2 aromatic carbocycles. The summed E-state index contributed by atoms with van der Waals surface area (Å²) >= 11 is 0. The molecule has 3 aromatic rings. The molecule has 1 aromatic heterocycles. The smallest absolute Gasteiger partial charge is 0.208 e. The third-order valence-electron chi connectivity index (χ3n) is 3.89. The van der Waals surface area contributed by atoms with Gasteiger partial charge in [-0.25, -0.2) is 17.2 Å². The van der Waals surface area contributed by atoms with Crippen LogP contribution in [0.15, 0.2) is 76.7 Å². The van der Waals surface area contributed by atoms with Gasteiger partial charge in [0.2, 0.25) is 9.84 Å². The second-order valence-corrected chi connectivity index (χ2v) is 7.64. The highest BCUT2D eigenvalue weighted by molar-refractivity contribution is 7.91. The summed E-state index contributed by atoms with van der Waals surface area (Å²) in [6.45, 7) is 0. The molecule has 1 N–H and O–H groups in total. The van der Waals surface area contributed by atoms with Crippen molar-refractivity contribution in [2.75, 3.05) is 0 Å². The van der Waals surface area contributed by atoms with Crippen molar-refractivity contribution in [3.05, 3.63) is 89.8 Å². The number of hydrogen-bond acceptors (Lipinski definition) is 4. The Morgan fingerprint density at radius 3 is 2.31 bits per heavy atom. The van der Waals surface area contributed by atoms with E-state index in [1.807, 2.05) is 0 Å².